The van der Waals surface area contributed by atoms with E-state index >= 15 is 0 Å². The molecule has 0 unspecified atom stereocenters. The van der Waals surface area contributed by atoms with E-state index in [2.05, 4.69) is 16.4 Å². The molecule has 2 heterocycles. The molecule has 1 aromatic carbocycles. The van der Waals surface area contributed by atoms with Gasteiger partial charge >= 0.3 is 24.3 Å². The van der Waals surface area contributed by atoms with Crippen molar-refractivity contribution in [3.63, 3.8) is 0 Å². The van der Waals surface area contributed by atoms with Gasteiger partial charge < -0.3 is 25.0 Å². The Balaban J connectivity index is 0.000000343. The molecule has 0 saturated carbocycles. The van der Waals surface area contributed by atoms with Crippen molar-refractivity contribution in [2.75, 3.05) is 19.8 Å². The van der Waals surface area contributed by atoms with Crippen LogP contribution in [0.1, 0.15) is 12.5 Å². The van der Waals surface area contributed by atoms with Crippen LogP contribution in [0.5, 0.6) is 11.6 Å². The van der Waals surface area contributed by atoms with Crippen LogP contribution < -0.4 is 14.8 Å². The number of carboxylic acid groups (broad SMARTS) is 2. The zero-order valence-electron chi connectivity index (χ0n) is 17.5. The van der Waals surface area contributed by atoms with E-state index < -0.39 is 24.3 Å². The minimum atomic E-state index is -5.08. The lowest BCUT2D eigenvalue weighted by molar-refractivity contribution is -0.193. The SMILES string of the molecule is CCOc1ccccc1-c1ccc2c(n1)OCCNC2.O=C(O)C(F)(F)F.O=C(O)C(F)(F)F. The molecule has 0 spiro atoms. The molecule has 3 N–H and O–H groups in total. The Hall–Kier alpha value is -3.55. The Morgan fingerprint density at radius 3 is 2.12 bits per heavy atom. The van der Waals surface area contributed by atoms with Gasteiger partial charge in [0.05, 0.1) is 12.3 Å². The first-order valence-corrected chi connectivity index (χ1v) is 9.43. The number of carboxylic acids is 2. The molecule has 2 aromatic rings. The van der Waals surface area contributed by atoms with Gasteiger partial charge in [-0.15, -0.1) is 0 Å². The smallest absolute Gasteiger partial charge is 0.490 e. The molecule has 0 saturated heterocycles. The number of hydrogen-bond acceptors (Lipinski definition) is 6. The number of aliphatic carboxylic acids is 2. The number of pyridine rings is 1. The summed E-state index contributed by atoms with van der Waals surface area (Å²) in [4.78, 5) is 22.4. The van der Waals surface area contributed by atoms with E-state index in [4.69, 9.17) is 29.3 Å². The number of aromatic nitrogens is 1. The number of ether oxygens (including phenoxy) is 2. The molecule has 0 aliphatic carbocycles. The quantitative estimate of drug-likeness (QED) is 0.546. The molecule has 188 valence electrons. The van der Waals surface area contributed by atoms with Crippen LogP contribution in [0.2, 0.25) is 0 Å². The number of nitrogens with zero attached hydrogens (tertiary/aromatic N) is 1. The number of hydrogen-bond donors (Lipinski definition) is 3. The van der Waals surface area contributed by atoms with Crippen LogP contribution in [0.3, 0.4) is 0 Å². The van der Waals surface area contributed by atoms with E-state index in [9.17, 15) is 26.3 Å². The molecule has 0 atom stereocenters. The van der Waals surface area contributed by atoms with Gasteiger partial charge in [0.25, 0.3) is 0 Å². The fraction of sp³-hybridized carbons (Fsp3) is 0.350. The van der Waals surface area contributed by atoms with Gasteiger partial charge in [-0.1, -0.05) is 18.2 Å². The zero-order valence-corrected chi connectivity index (χ0v) is 17.5. The third kappa shape index (κ3) is 9.52. The number of nitrogens with one attached hydrogen (secondary N) is 1. The number of benzene rings is 1. The second kappa shape index (κ2) is 12.6. The van der Waals surface area contributed by atoms with Crippen molar-refractivity contribution in [1.82, 2.24) is 10.3 Å². The Kier molecular flexibility index (Phi) is 10.6. The van der Waals surface area contributed by atoms with Crippen molar-refractivity contribution in [2.24, 2.45) is 0 Å². The number of carbonyl (C=O) groups is 2. The monoisotopic (exact) mass is 498 g/mol. The molecule has 0 radical (unpaired) electrons. The second-order valence-electron chi connectivity index (χ2n) is 6.22. The highest BCUT2D eigenvalue weighted by Crippen LogP contribution is 2.31. The fourth-order valence-electron chi connectivity index (χ4n) is 2.28. The Morgan fingerprint density at radius 2 is 1.59 bits per heavy atom. The largest absolute Gasteiger partial charge is 0.493 e. The second-order valence-corrected chi connectivity index (χ2v) is 6.22. The summed E-state index contributed by atoms with van der Waals surface area (Å²) >= 11 is 0. The molecule has 1 aliphatic heterocycles. The van der Waals surface area contributed by atoms with Gasteiger partial charge in [0.2, 0.25) is 5.88 Å². The number of rotatable bonds is 3. The third-order valence-corrected chi connectivity index (χ3v) is 3.72. The number of fused-ring (bicyclic) bond motifs is 1. The van der Waals surface area contributed by atoms with Gasteiger partial charge in [0.1, 0.15) is 12.4 Å². The summed E-state index contributed by atoms with van der Waals surface area (Å²) in [7, 11) is 0. The van der Waals surface area contributed by atoms with Crippen LogP contribution in [0, 0.1) is 0 Å². The number of halogens is 6. The van der Waals surface area contributed by atoms with Crippen molar-refractivity contribution in [1.29, 1.82) is 0 Å². The lowest BCUT2D eigenvalue weighted by atomic mass is 10.1. The summed E-state index contributed by atoms with van der Waals surface area (Å²) in [6, 6.07) is 12.0. The summed E-state index contributed by atoms with van der Waals surface area (Å²) in [5.41, 5.74) is 2.98. The van der Waals surface area contributed by atoms with Gasteiger partial charge in [-0.05, 0) is 25.1 Å². The van der Waals surface area contributed by atoms with Crippen LogP contribution >= 0.6 is 0 Å². The highest BCUT2D eigenvalue weighted by Gasteiger charge is 2.38. The maximum atomic E-state index is 10.6. The molecule has 0 fully saturated rings. The van der Waals surface area contributed by atoms with E-state index in [0.29, 0.717) is 13.2 Å². The van der Waals surface area contributed by atoms with Crippen LogP contribution in [0.4, 0.5) is 26.3 Å². The van der Waals surface area contributed by atoms with E-state index in [0.717, 1.165) is 41.5 Å². The van der Waals surface area contributed by atoms with Crippen molar-refractivity contribution in [3.05, 3.63) is 42.0 Å². The first-order valence-electron chi connectivity index (χ1n) is 9.43. The van der Waals surface area contributed by atoms with E-state index in [1.54, 1.807) is 0 Å². The van der Waals surface area contributed by atoms with Gasteiger partial charge in [-0.3, -0.25) is 0 Å². The summed E-state index contributed by atoms with van der Waals surface area (Å²) in [5, 5.41) is 17.6. The van der Waals surface area contributed by atoms with Gasteiger partial charge in [-0.25, -0.2) is 14.6 Å². The Labute approximate surface area is 189 Å². The Bertz CT molecular complexity index is 941. The van der Waals surface area contributed by atoms with Gasteiger partial charge in [0.15, 0.2) is 0 Å². The van der Waals surface area contributed by atoms with Crippen LogP contribution in [0.25, 0.3) is 11.3 Å². The van der Waals surface area contributed by atoms with Crippen LogP contribution in [-0.2, 0) is 16.1 Å². The highest BCUT2D eigenvalue weighted by molar-refractivity contribution is 5.73. The molecule has 0 amide bonds. The van der Waals surface area contributed by atoms with E-state index in [1.165, 1.54) is 0 Å². The molecule has 8 nitrogen and oxygen atoms in total. The number of para-hydroxylation sites is 1. The lowest BCUT2D eigenvalue weighted by Crippen LogP contribution is -2.21. The predicted octanol–water partition coefficient (Wildman–Crippen LogP) is 3.90. The van der Waals surface area contributed by atoms with E-state index in [1.807, 2.05) is 37.3 Å². The molecule has 1 aromatic heterocycles. The Morgan fingerprint density at radius 1 is 1.03 bits per heavy atom. The number of alkyl halides is 6. The first-order chi connectivity index (χ1) is 15.8. The van der Waals surface area contributed by atoms with Gasteiger partial charge in [-0.2, -0.15) is 26.3 Å². The molecule has 3 rings (SSSR count). The van der Waals surface area contributed by atoms with Crippen molar-refractivity contribution in [2.45, 2.75) is 25.8 Å². The molecule has 14 heteroatoms. The maximum Gasteiger partial charge on any atom is 0.490 e. The topological polar surface area (TPSA) is 118 Å². The molecule has 1 aliphatic rings. The predicted molar refractivity (Wildman–Crippen MR) is 105 cm³/mol. The summed E-state index contributed by atoms with van der Waals surface area (Å²) in [6.45, 7) is 4.92. The summed E-state index contributed by atoms with van der Waals surface area (Å²) in [5.74, 6) is -3.94. The summed E-state index contributed by atoms with van der Waals surface area (Å²) in [6.07, 6.45) is -10.2. The maximum absolute atomic E-state index is 10.6. The van der Waals surface area contributed by atoms with Crippen molar-refractivity contribution in [3.8, 4) is 22.9 Å². The lowest BCUT2D eigenvalue weighted by Gasteiger charge is -2.11. The highest BCUT2D eigenvalue weighted by atomic mass is 19.4. The standard InChI is InChI=1S/C16H18N2O2.2C2HF3O2/c1-2-19-15-6-4-3-5-13(15)14-8-7-12-11-17-9-10-20-16(12)18-14;2*3-2(4,5)1(6)7/h3-8,17H,2,9-11H2,1H3;2*(H,6,7). The molecular formula is C20H20F6N2O6. The normalized spacial score (nSPS) is 12.9. The van der Waals surface area contributed by atoms with Crippen LogP contribution in [0.15, 0.2) is 36.4 Å². The van der Waals surface area contributed by atoms with E-state index in [-0.39, 0.29) is 0 Å². The molecule has 34 heavy (non-hydrogen) atoms. The van der Waals surface area contributed by atoms with Gasteiger partial charge in [0, 0.05) is 24.2 Å². The minimum Gasteiger partial charge on any atom is -0.493 e. The van der Waals surface area contributed by atoms with Crippen LogP contribution in [-0.4, -0.2) is 59.2 Å². The minimum absolute atomic E-state index is 0.641. The average molecular weight is 498 g/mol. The molecule has 0 bridgehead atoms. The third-order valence-electron chi connectivity index (χ3n) is 3.72. The average Bonchev–Trinajstić information content (AvgIpc) is 2.99. The van der Waals surface area contributed by atoms with Crippen molar-refractivity contribution >= 4 is 11.9 Å². The fourth-order valence-corrected chi connectivity index (χ4v) is 2.28. The summed E-state index contributed by atoms with van der Waals surface area (Å²) < 4.78 is 74.8. The molecular weight excluding hydrogens is 478 g/mol. The van der Waals surface area contributed by atoms with Crippen molar-refractivity contribution < 1.29 is 55.6 Å². The first kappa shape index (κ1) is 28.5. The zero-order chi connectivity index (χ0) is 25.9.